The van der Waals surface area contributed by atoms with Crippen molar-refractivity contribution in [1.82, 2.24) is 4.90 Å². The summed E-state index contributed by atoms with van der Waals surface area (Å²) < 4.78 is 4.64. The summed E-state index contributed by atoms with van der Waals surface area (Å²) >= 11 is 0. The number of ketones is 1. The first-order valence-corrected chi connectivity index (χ1v) is 11.7. The molecule has 0 bridgehead atoms. The minimum absolute atomic E-state index is 0.0109. The van der Waals surface area contributed by atoms with Crippen molar-refractivity contribution in [3.63, 3.8) is 0 Å². The Morgan fingerprint density at radius 1 is 1.07 bits per heavy atom. The molecule has 6 nitrogen and oxygen atoms in total. The van der Waals surface area contributed by atoms with Crippen LogP contribution in [0.15, 0.2) is 0 Å². The number of esters is 1. The van der Waals surface area contributed by atoms with Gasteiger partial charge in [0, 0.05) is 13.0 Å². The summed E-state index contributed by atoms with van der Waals surface area (Å²) in [6.45, 7) is 7.98. The van der Waals surface area contributed by atoms with E-state index in [-0.39, 0.29) is 23.7 Å². The smallest absolute Gasteiger partial charge is 0.305 e. The van der Waals surface area contributed by atoms with Crippen LogP contribution < -0.4 is 0 Å². The maximum atomic E-state index is 12.9. The maximum Gasteiger partial charge on any atom is 0.305 e. The molecule has 0 radical (unpaired) electrons. The molecular formula is C24H43NO5. The van der Waals surface area contributed by atoms with Crippen LogP contribution in [0, 0.1) is 5.41 Å². The average molecular weight is 426 g/mol. The van der Waals surface area contributed by atoms with E-state index in [1.54, 1.807) is 18.7 Å². The number of carbonyl (C=O) groups excluding carboxylic acids is 3. The monoisotopic (exact) mass is 425 g/mol. The number of methoxy groups -OCH3 is 1. The Labute approximate surface area is 182 Å². The summed E-state index contributed by atoms with van der Waals surface area (Å²) in [6, 6.07) is -0.363. The minimum Gasteiger partial charge on any atom is -0.469 e. The van der Waals surface area contributed by atoms with Crippen molar-refractivity contribution in [2.45, 2.75) is 116 Å². The van der Waals surface area contributed by atoms with E-state index >= 15 is 0 Å². The molecule has 0 saturated carbocycles. The van der Waals surface area contributed by atoms with Gasteiger partial charge in [0.1, 0.15) is 5.41 Å². The van der Waals surface area contributed by atoms with Gasteiger partial charge < -0.3 is 14.7 Å². The van der Waals surface area contributed by atoms with E-state index in [0.717, 1.165) is 51.4 Å². The van der Waals surface area contributed by atoms with Crippen molar-refractivity contribution in [1.29, 1.82) is 0 Å². The number of carbonyl (C=O) groups is 3. The van der Waals surface area contributed by atoms with Gasteiger partial charge in [-0.25, -0.2) is 0 Å². The van der Waals surface area contributed by atoms with Gasteiger partial charge in [0.15, 0.2) is 5.78 Å². The lowest BCUT2D eigenvalue weighted by Gasteiger charge is -2.27. The second kappa shape index (κ2) is 12.4. The van der Waals surface area contributed by atoms with Gasteiger partial charge in [0.2, 0.25) is 5.91 Å². The standard InChI is InChI=1S/C24H43NO5/c1-6-7-12-16-24(4,29)17-13-18-25-19(21(27)23(2,3)22(25)28)14-10-8-9-11-15-20(26)30-5/h19,29H,6-18H2,1-5H3. The van der Waals surface area contributed by atoms with Crippen LogP contribution in [0.3, 0.4) is 0 Å². The molecule has 6 heteroatoms. The quantitative estimate of drug-likeness (QED) is 0.239. The van der Waals surface area contributed by atoms with Crippen molar-refractivity contribution in [3.05, 3.63) is 0 Å². The van der Waals surface area contributed by atoms with E-state index in [0.29, 0.717) is 32.2 Å². The van der Waals surface area contributed by atoms with Crippen LogP contribution in [-0.2, 0) is 19.1 Å². The summed E-state index contributed by atoms with van der Waals surface area (Å²) in [5, 5.41) is 10.6. The minimum atomic E-state index is -0.959. The van der Waals surface area contributed by atoms with Gasteiger partial charge in [0.05, 0.1) is 18.8 Å². The Hall–Kier alpha value is -1.43. The fourth-order valence-corrected chi connectivity index (χ4v) is 4.28. The fourth-order valence-electron chi connectivity index (χ4n) is 4.28. The molecule has 2 atom stereocenters. The highest BCUT2D eigenvalue weighted by Crippen LogP contribution is 2.35. The van der Waals surface area contributed by atoms with Crippen molar-refractivity contribution in [2.75, 3.05) is 13.7 Å². The first kappa shape index (κ1) is 26.6. The highest BCUT2D eigenvalue weighted by molar-refractivity contribution is 6.13. The molecule has 1 aliphatic rings. The SMILES string of the molecule is CCCCCC(C)(O)CCCN1C(=O)C(C)(C)C(=O)C1CCCCCCC(=O)OC. The van der Waals surface area contributed by atoms with E-state index in [9.17, 15) is 19.5 Å². The zero-order valence-electron chi connectivity index (χ0n) is 19.8. The summed E-state index contributed by atoms with van der Waals surface area (Å²) in [5.41, 5.74) is -1.67. The van der Waals surface area contributed by atoms with E-state index in [2.05, 4.69) is 11.7 Å². The molecule has 1 N–H and O–H groups in total. The van der Waals surface area contributed by atoms with Crippen LogP contribution in [0.25, 0.3) is 0 Å². The van der Waals surface area contributed by atoms with Gasteiger partial charge in [0.25, 0.3) is 0 Å². The molecule has 1 fully saturated rings. The molecule has 1 saturated heterocycles. The predicted molar refractivity (Wildman–Crippen MR) is 118 cm³/mol. The number of ether oxygens (including phenoxy) is 1. The topological polar surface area (TPSA) is 83.9 Å². The summed E-state index contributed by atoms with van der Waals surface area (Å²) in [4.78, 5) is 38.6. The van der Waals surface area contributed by atoms with Crippen LogP contribution in [-0.4, -0.2) is 53.0 Å². The molecule has 1 rings (SSSR count). The van der Waals surface area contributed by atoms with Crippen molar-refractivity contribution in [2.24, 2.45) is 5.41 Å². The Balaban J connectivity index is 2.52. The Morgan fingerprint density at radius 3 is 2.33 bits per heavy atom. The molecule has 0 aliphatic carbocycles. The summed E-state index contributed by atoms with van der Waals surface area (Å²) in [5.74, 6) is -0.268. The van der Waals surface area contributed by atoms with Crippen LogP contribution in [0.1, 0.15) is 105 Å². The second-order valence-electron chi connectivity index (χ2n) is 9.59. The van der Waals surface area contributed by atoms with Crippen LogP contribution in [0.2, 0.25) is 0 Å². The summed E-state index contributed by atoms with van der Waals surface area (Å²) in [7, 11) is 1.39. The van der Waals surface area contributed by atoms with Gasteiger partial charge in [-0.1, -0.05) is 45.4 Å². The fraction of sp³-hybridized carbons (Fsp3) is 0.875. The van der Waals surface area contributed by atoms with E-state index in [4.69, 9.17) is 0 Å². The van der Waals surface area contributed by atoms with E-state index in [1.807, 2.05) is 6.92 Å². The first-order valence-electron chi connectivity index (χ1n) is 11.7. The highest BCUT2D eigenvalue weighted by atomic mass is 16.5. The van der Waals surface area contributed by atoms with Gasteiger partial charge in [-0.15, -0.1) is 0 Å². The van der Waals surface area contributed by atoms with Crippen LogP contribution >= 0.6 is 0 Å². The lowest BCUT2D eigenvalue weighted by atomic mass is 9.87. The van der Waals surface area contributed by atoms with Gasteiger partial charge in [-0.3, -0.25) is 14.4 Å². The maximum absolute atomic E-state index is 12.9. The molecule has 174 valence electrons. The van der Waals surface area contributed by atoms with E-state index < -0.39 is 11.0 Å². The number of Topliss-reactive ketones (excluding diaryl/α,β-unsaturated/α-hetero) is 1. The number of nitrogens with zero attached hydrogens (tertiary/aromatic N) is 1. The van der Waals surface area contributed by atoms with Gasteiger partial charge >= 0.3 is 5.97 Å². The zero-order chi connectivity index (χ0) is 22.8. The molecule has 30 heavy (non-hydrogen) atoms. The van der Waals surface area contributed by atoms with Gasteiger partial charge in [-0.05, 0) is 52.9 Å². The molecule has 0 aromatic rings. The molecule has 0 aromatic heterocycles. The first-order chi connectivity index (χ1) is 14.1. The van der Waals surface area contributed by atoms with Crippen LogP contribution in [0.5, 0.6) is 0 Å². The van der Waals surface area contributed by atoms with Crippen LogP contribution in [0.4, 0.5) is 0 Å². The number of rotatable bonds is 15. The number of amides is 1. The number of unbranched alkanes of at least 4 members (excludes halogenated alkanes) is 5. The van der Waals surface area contributed by atoms with Crippen molar-refractivity contribution >= 4 is 17.7 Å². The predicted octanol–water partition coefficient (Wildman–Crippen LogP) is 4.42. The van der Waals surface area contributed by atoms with Crippen molar-refractivity contribution in [3.8, 4) is 0 Å². The molecule has 0 spiro atoms. The van der Waals surface area contributed by atoms with Crippen molar-refractivity contribution < 1.29 is 24.2 Å². The molecule has 1 amide bonds. The number of hydrogen-bond donors (Lipinski definition) is 1. The number of likely N-dealkylation sites (tertiary alicyclic amines) is 1. The van der Waals surface area contributed by atoms with Gasteiger partial charge in [-0.2, -0.15) is 0 Å². The third-order valence-corrected chi connectivity index (χ3v) is 6.36. The molecule has 0 aromatic carbocycles. The third kappa shape index (κ3) is 8.01. The zero-order valence-corrected chi connectivity index (χ0v) is 19.8. The van der Waals surface area contributed by atoms with E-state index in [1.165, 1.54) is 7.11 Å². The Bertz CT molecular complexity index is 570. The third-order valence-electron chi connectivity index (χ3n) is 6.36. The Kier molecular flexibility index (Phi) is 11.0. The molecule has 2 unspecified atom stereocenters. The Morgan fingerprint density at radius 2 is 1.70 bits per heavy atom. The molecule has 1 heterocycles. The lowest BCUT2D eigenvalue weighted by molar-refractivity contribution is -0.141. The molecule has 1 aliphatic heterocycles. The summed E-state index contributed by atoms with van der Waals surface area (Å²) in [6.07, 6.45) is 9.92. The number of hydrogen-bond acceptors (Lipinski definition) is 5. The highest BCUT2D eigenvalue weighted by Gasteiger charge is 2.52. The average Bonchev–Trinajstić information content (AvgIpc) is 2.84. The largest absolute Gasteiger partial charge is 0.469 e. The lowest BCUT2D eigenvalue weighted by Crippen LogP contribution is -2.37. The normalized spacial score (nSPS) is 20.5. The second-order valence-corrected chi connectivity index (χ2v) is 9.59. The number of aliphatic hydroxyl groups is 1. The molecular weight excluding hydrogens is 382 g/mol.